The molecule has 26 heavy (non-hydrogen) atoms. The summed E-state index contributed by atoms with van der Waals surface area (Å²) < 4.78 is 33.3. The van der Waals surface area contributed by atoms with E-state index in [1.54, 1.807) is 26.2 Å². The van der Waals surface area contributed by atoms with Crippen LogP contribution in [0.15, 0.2) is 29.2 Å². The van der Waals surface area contributed by atoms with E-state index in [1.807, 2.05) is 12.1 Å². The Bertz CT molecular complexity index is 732. The molecule has 1 fully saturated rings. The molecule has 144 valence electrons. The van der Waals surface area contributed by atoms with Crippen LogP contribution in [0.4, 0.5) is 0 Å². The van der Waals surface area contributed by atoms with Crippen molar-refractivity contribution in [3.8, 4) is 5.75 Å². The number of methoxy groups -OCH3 is 1. The number of carbonyl (C=O) groups is 2. The maximum atomic E-state index is 12.3. The molecule has 1 atom stereocenters. The van der Waals surface area contributed by atoms with Crippen molar-refractivity contribution in [2.45, 2.75) is 24.3 Å². The predicted octanol–water partition coefficient (Wildman–Crippen LogP) is 1.37. The Morgan fingerprint density at radius 1 is 1.27 bits per heavy atom. The molecule has 0 spiro atoms. The Hall–Kier alpha value is -1.74. The maximum absolute atomic E-state index is 12.3. The largest absolute Gasteiger partial charge is 0.497 e. The van der Waals surface area contributed by atoms with Crippen LogP contribution in [-0.2, 0) is 24.2 Å². The van der Waals surface area contributed by atoms with E-state index in [-0.39, 0.29) is 35.8 Å². The average molecular weight is 402 g/mol. The van der Waals surface area contributed by atoms with Crippen LogP contribution in [0.5, 0.6) is 5.75 Å². The van der Waals surface area contributed by atoms with Gasteiger partial charge in [0.15, 0.2) is 16.4 Å². The molecule has 0 aliphatic carbocycles. The predicted molar refractivity (Wildman–Crippen MR) is 99.1 cm³/mol. The minimum Gasteiger partial charge on any atom is -0.497 e. The second-order valence-electron chi connectivity index (χ2n) is 5.86. The number of sulfone groups is 1. The fourth-order valence-electron chi connectivity index (χ4n) is 2.74. The van der Waals surface area contributed by atoms with Crippen LogP contribution in [0, 0.1) is 0 Å². The van der Waals surface area contributed by atoms with E-state index in [9.17, 15) is 18.0 Å². The summed E-state index contributed by atoms with van der Waals surface area (Å²) in [6.45, 7) is 1.80. The van der Waals surface area contributed by atoms with Gasteiger partial charge in [0.25, 0.3) is 5.91 Å². The van der Waals surface area contributed by atoms with Gasteiger partial charge in [-0.2, -0.15) is 0 Å². The lowest BCUT2D eigenvalue weighted by molar-refractivity contribution is -0.150. The fourth-order valence-corrected chi connectivity index (χ4v) is 5.17. The highest BCUT2D eigenvalue weighted by Crippen LogP contribution is 2.21. The third-order valence-corrected chi connectivity index (χ3v) is 6.82. The number of carbonyl (C=O) groups excluding carboxylic acids is 2. The summed E-state index contributed by atoms with van der Waals surface area (Å²) in [5.41, 5.74) is 0. The molecular weight excluding hydrogens is 378 g/mol. The van der Waals surface area contributed by atoms with Crippen LogP contribution in [-0.4, -0.2) is 68.8 Å². The molecule has 1 aliphatic rings. The summed E-state index contributed by atoms with van der Waals surface area (Å²) in [6.07, 6.45) is 0.434. The number of hydrogen-bond acceptors (Lipinski definition) is 7. The number of rotatable bonds is 8. The average Bonchev–Trinajstić information content (AvgIpc) is 2.98. The summed E-state index contributed by atoms with van der Waals surface area (Å²) in [6, 6.07) is 6.94. The lowest BCUT2D eigenvalue weighted by Crippen LogP contribution is -2.43. The normalized spacial score (nSPS) is 18.3. The van der Waals surface area contributed by atoms with Gasteiger partial charge in [0.1, 0.15) is 5.75 Å². The van der Waals surface area contributed by atoms with Gasteiger partial charge < -0.3 is 14.4 Å². The minimum absolute atomic E-state index is 0.0200. The number of nitrogens with zero attached hydrogens (tertiary/aromatic N) is 1. The molecule has 9 heteroatoms. The van der Waals surface area contributed by atoms with Crippen LogP contribution >= 0.6 is 11.8 Å². The molecule has 0 unspecified atom stereocenters. The van der Waals surface area contributed by atoms with Crippen molar-refractivity contribution in [2.75, 3.05) is 37.5 Å². The number of esters is 1. The van der Waals surface area contributed by atoms with Gasteiger partial charge in [0.2, 0.25) is 0 Å². The maximum Gasteiger partial charge on any atom is 0.316 e. The number of likely N-dealkylation sites (N-methyl/N-ethyl adjacent to an activating group) is 1. The van der Waals surface area contributed by atoms with Crippen molar-refractivity contribution in [3.63, 3.8) is 0 Å². The zero-order valence-corrected chi connectivity index (χ0v) is 16.5. The van der Waals surface area contributed by atoms with Gasteiger partial charge in [-0.05, 0) is 37.6 Å². The summed E-state index contributed by atoms with van der Waals surface area (Å²) in [5.74, 6) is 0.0414. The lowest BCUT2D eigenvalue weighted by Gasteiger charge is -2.26. The summed E-state index contributed by atoms with van der Waals surface area (Å²) in [7, 11) is -1.49. The third kappa shape index (κ3) is 5.91. The Balaban J connectivity index is 1.77. The molecule has 1 aliphatic heterocycles. The van der Waals surface area contributed by atoms with Crippen molar-refractivity contribution in [2.24, 2.45) is 0 Å². The van der Waals surface area contributed by atoms with Crippen LogP contribution in [0.2, 0.25) is 0 Å². The van der Waals surface area contributed by atoms with E-state index in [0.717, 1.165) is 10.6 Å². The molecule has 1 saturated heterocycles. The molecule has 1 aromatic carbocycles. The smallest absolute Gasteiger partial charge is 0.316 e. The van der Waals surface area contributed by atoms with Crippen LogP contribution in [0.1, 0.15) is 13.3 Å². The molecule has 0 radical (unpaired) electrons. The van der Waals surface area contributed by atoms with E-state index in [4.69, 9.17) is 9.47 Å². The Morgan fingerprint density at radius 3 is 2.50 bits per heavy atom. The summed E-state index contributed by atoms with van der Waals surface area (Å²) in [5, 5.41) is 0. The van der Waals surface area contributed by atoms with E-state index in [1.165, 1.54) is 16.7 Å². The van der Waals surface area contributed by atoms with Gasteiger partial charge in [-0.15, -0.1) is 11.8 Å². The van der Waals surface area contributed by atoms with E-state index in [0.29, 0.717) is 13.0 Å². The number of ether oxygens (including phenoxy) is 2. The lowest BCUT2D eigenvalue weighted by atomic mass is 10.2. The number of benzene rings is 1. The van der Waals surface area contributed by atoms with Gasteiger partial charge in [0.05, 0.1) is 24.4 Å². The van der Waals surface area contributed by atoms with Crippen molar-refractivity contribution < 1.29 is 27.5 Å². The zero-order valence-electron chi connectivity index (χ0n) is 14.8. The van der Waals surface area contributed by atoms with E-state index in [2.05, 4.69) is 0 Å². The van der Waals surface area contributed by atoms with Crippen LogP contribution < -0.4 is 4.74 Å². The molecule has 1 heterocycles. The minimum atomic E-state index is -3.07. The first-order valence-corrected chi connectivity index (χ1v) is 11.1. The first-order chi connectivity index (χ1) is 12.3. The van der Waals surface area contributed by atoms with Crippen LogP contribution in [0.3, 0.4) is 0 Å². The van der Waals surface area contributed by atoms with E-state index < -0.39 is 15.8 Å². The van der Waals surface area contributed by atoms with Gasteiger partial charge in [-0.3, -0.25) is 9.59 Å². The molecular formula is C17H23NO6S2. The number of hydrogen-bond donors (Lipinski definition) is 0. The fraction of sp³-hybridized carbons (Fsp3) is 0.529. The molecule has 1 aromatic rings. The standard InChI is InChI=1S/C17H23NO6S2/c1-3-18(13-8-9-26(21,22)12-13)16(19)10-24-17(20)11-25-15-6-4-14(23-2)5-7-15/h4-7,13H,3,8-12H2,1-2H3/t13-/m1/s1. The van der Waals surface area contributed by atoms with Crippen molar-refractivity contribution in [1.29, 1.82) is 0 Å². The highest BCUT2D eigenvalue weighted by atomic mass is 32.2. The third-order valence-electron chi connectivity index (χ3n) is 4.08. The molecule has 1 amide bonds. The first kappa shape index (κ1) is 20.6. The van der Waals surface area contributed by atoms with Crippen LogP contribution in [0.25, 0.3) is 0 Å². The molecule has 2 rings (SSSR count). The van der Waals surface area contributed by atoms with E-state index >= 15 is 0 Å². The Kier molecular flexibility index (Phi) is 7.33. The monoisotopic (exact) mass is 401 g/mol. The van der Waals surface area contributed by atoms with Gasteiger partial charge in [0, 0.05) is 17.5 Å². The van der Waals surface area contributed by atoms with Gasteiger partial charge in [-0.25, -0.2) is 8.42 Å². The van der Waals surface area contributed by atoms with Crippen molar-refractivity contribution >= 4 is 33.5 Å². The highest BCUT2D eigenvalue weighted by molar-refractivity contribution is 8.00. The second kappa shape index (κ2) is 9.27. The molecule has 0 N–H and O–H groups in total. The van der Waals surface area contributed by atoms with Gasteiger partial charge in [-0.1, -0.05) is 0 Å². The zero-order chi connectivity index (χ0) is 19.2. The van der Waals surface area contributed by atoms with Crippen molar-refractivity contribution in [3.05, 3.63) is 24.3 Å². The number of thioether (sulfide) groups is 1. The molecule has 0 saturated carbocycles. The second-order valence-corrected chi connectivity index (χ2v) is 9.14. The summed E-state index contributed by atoms with van der Waals surface area (Å²) >= 11 is 1.30. The van der Waals surface area contributed by atoms with Gasteiger partial charge >= 0.3 is 5.97 Å². The topological polar surface area (TPSA) is 90.0 Å². The first-order valence-electron chi connectivity index (χ1n) is 8.27. The Morgan fingerprint density at radius 2 is 1.96 bits per heavy atom. The SMILES string of the molecule is CCN(C(=O)COC(=O)CSc1ccc(OC)cc1)[C@@H]1CCS(=O)(=O)C1. The summed E-state index contributed by atoms with van der Waals surface area (Å²) in [4.78, 5) is 26.5. The molecule has 0 aromatic heterocycles. The Labute approximate surface area is 157 Å². The number of amides is 1. The molecule has 0 bridgehead atoms. The molecule has 7 nitrogen and oxygen atoms in total. The quantitative estimate of drug-likeness (QED) is 0.480. The highest BCUT2D eigenvalue weighted by Gasteiger charge is 2.34. The van der Waals surface area contributed by atoms with Crippen molar-refractivity contribution in [1.82, 2.24) is 4.90 Å².